The first-order valence-corrected chi connectivity index (χ1v) is 9.28. The van der Waals surface area contributed by atoms with Crippen LogP contribution in [0.2, 0.25) is 0 Å². The van der Waals surface area contributed by atoms with E-state index in [0.717, 1.165) is 23.0 Å². The van der Waals surface area contributed by atoms with E-state index in [-0.39, 0.29) is 0 Å². The molecule has 0 saturated heterocycles. The van der Waals surface area contributed by atoms with Crippen LogP contribution in [0.15, 0.2) is 15.9 Å². The van der Waals surface area contributed by atoms with Gasteiger partial charge in [0.1, 0.15) is 0 Å². The van der Waals surface area contributed by atoms with Crippen LogP contribution >= 0.6 is 59.1 Å². The van der Waals surface area contributed by atoms with Crippen molar-refractivity contribution in [3.05, 3.63) is 20.8 Å². The second-order valence-corrected chi connectivity index (χ2v) is 7.71. The van der Waals surface area contributed by atoms with Crippen LogP contribution in [-0.2, 0) is 6.42 Å². The third-order valence-electron chi connectivity index (χ3n) is 2.63. The van der Waals surface area contributed by atoms with Crippen LogP contribution in [0.25, 0.3) is 0 Å². The van der Waals surface area contributed by atoms with Gasteiger partial charge in [-0.05, 0) is 51.6 Å². The van der Waals surface area contributed by atoms with Crippen molar-refractivity contribution in [1.82, 2.24) is 0 Å². The van der Waals surface area contributed by atoms with E-state index in [9.17, 15) is 0 Å². The summed E-state index contributed by atoms with van der Waals surface area (Å²) in [4.78, 5) is 1.46. The van der Waals surface area contributed by atoms with Crippen molar-refractivity contribution in [2.75, 3.05) is 10.7 Å². The third kappa shape index (κ3) is 4.11. The molecule has 0 aromatic carbocycles. The van der Waals surface area contributed by atoms with Gasteiger partial charge in [0.2, 0.25) is 0 Å². The first-order valence-electron chi connectivity index (χ1n) is 5.37. The zero-order valence-corrected chi connectivity index (χ0v) is 15.2. The van der Waals surface area contributed by atoms with Crippen molar-refractivity contribution < 1.29 is 0 Å². The van der Waals surface area contributed by atoms with Crippen molar-refractivity contribution in [2.45, 2.75) is 26.7 Å². The molecule has 4 heteroatoms. The van der Waals surface area contributed by atoms with Crippen LogP contribution in [0.5, 0.6) is 0 Å². The van der Waals surface area contributed by atoms with E-state index in [4.69, 9.17) is 0 Å². The number of alkyl halides is 2. The second kappa shape index (κ2) is 6.91. The molecule has 0 aliphatic carbocycles. The highest BCUT2D eigenvalue weighted by molar-refractivity contribution is 9.10. The standard InChI is InChI=1S/C12H17Br3S/c1-9(2)5-12(7-13,8-14)6-11-10(15)3-4-16-11/h3-4,9H,5-8H2,1-2H3. The largest absolute Gasteiger partial charge is 0.148 e. The lowest BCUT2D eigenvalue weighted by molar-refractivity contribution is 0.306. The van der Waals surface area contributed by atoms with E-state index in [2.05, 4.69) is 73.1 Å². The Labute approximate surface area is 128 Å². The summed E-state index contributed by atoms with van der Waals surface area (Å²) in [5, 5.41) is 4.25. The Bertz CT molecular complexity index is 316. The van der Waals surface area contributed by atoms with Gasteiger partial charge in [-0.2, -0.15) is 0 Å². The fourth-order valence-electron chi connectivity index (χ4n) is 1.97. The molecule has 0 aliphatic rings. The molecule has 0 saturated carbocycles. The summed E-state index contributed by atoms with van der Waals surface area (Å²) in [5.74, 6) is 0.730. The van der Waals surface area contributed by atoms with E-state index < -0.39 is 0 Å². The lowest BCUT2D eigenvalue weighted by Gasteiger charge is -2.31. The minimum absolute atomic E-state index is 0.335. The Kier molecular flexibility index (Phi) is 6.56. The SMILES string of the molecule is CC(C)CC(CBr)(CBr)Cc1sccc1Br. The van der Waals surface area contributed by atoms with Gasteiger partial charge in [-0.25, -0.2) is 0 Å². The fraction of sp³-hybridized carbons (Fsp3) is 0.667. The molecule has 0 N–H and O–H groups in total. The molecule has 1 rings (SSSR count). The predicted octanol–water partition coefficient (Wildman–Crippen LogP) is 5.88. The van der Waals surface area contributed by atoms with Gasteiger partial charge in [-0.3, -0.25) is 0 Å². The van der Waals surface area contributed by atoms with Gasteiger partial charge in [0.15, 0.2) is 0 Å². The minimum atomic E-state index is 0.335. The Balaban J connectivity index is 2.82. The average Bonchev–Trinajstić information content (AvgIpc) is 2.62. The van der Waals surface area contributed by atoms with Gasteiger partial charge in [-0.15, -0.1) is 11.3 Å². The molecular formula is C12H17Br3S. The van der Waals surface area contributed by atoms with Crippen molar-refractivity contribution in [2.24, 2.45) is 11.3 Å². The van der Waals surface area contributed by atoms with E-state index in [0.29, 0.717) is 5.41 Å². The number of halogens is 3. The monoisotopic (exact) mass is 430 g/mol. The van der Waals surface area contributed by atoms with Crippen LogP contribution in [-0.4, -0.2) is 10.7 Å². The molecule has 0 spiro atoms. The first kappa shape index (κ1) is 15.2. The van der Waals surface area contributed by atoms with Gasteiger partial charge in [0.05, 0.1) is 0 Å². The summed E-state index contributed by atoms with van der Waals surface area (Å²) in [5.41, 5.74) is 0.335. The summed E-state index contributed by atoms with van der Waals surface area (Å²) >= 11 is 12.9. The Hall–Kier alpha value is 1.14. The Morgan fingerprint density at radius 2 is 1.94 bits per heavy atom. The van der Waals surface area contributed by atoms with Crippen LogP contribution in [0.4, 0.5) is 0 Å². The molecule has 16 heavy (non-hydrogen) atoms. The highest BCUT2D eigenvalue weighted by Crippen LogP contribution is 2.38. The van der Waals surface area contributed by atoms with E-state index in [1.165, 1.54) is 15.8 Å². The normalized spacial score (nSPS) is 12.4. The molecule has 1 heterocycles. The molecule has 0 unspecified atom stereocenters. The molecule has 92 valence electrons. The number of hydrogen-bond acceptors (Lipinski definition) is 1. The maximum atomic E-state index is 3.69. The van der Waals surface area contributed by atoms with Crippen molar-refractivity contribution in [1.29, 1.82) is 0 Å². The van der Waals surface area contributed by atoms with Crippen LogP contribution < -0.4 is 0 Å². The molecule has 0 bridgehead atoms. The number of rotatable bonds is 6. The zero-order chi connectivity index (χ0) is 12.2. The third-order valence-corrected chi connectivity index (χ3v) is 6.94. The summed E-state index contributed by atoms with van der Waals surface area (Å²) in [7, 11) is 0. The van der Waals surface area contributed by atoms with Gasteiger partial charge in [0.25, 0.3) is 0 Å². The first-order chi connectivity index (χ1) is 7.53. The average molecular weight is 433 g/mol. The maximum Gasteiger partial charge on any atom is 0.0314 e. The summed E-state index contributed by atoms with van der Waals surface area (Å²) < 4.78 is 1.26. The lowest BCUT2D eigenvalue weighted by Crippen LogP contribution is -2.29. The zero-order valence-electron chi connectivity index (χ0n) is 9.60. The highest BCUT2D eigenvalue weighted by atomic mass is 79.9. The minimum Gasteiger partial charge on any atom is -0.148 e. The van der Waals surface area contributed by atoms with Crippen molar-refractivity contribution in [3.63, 3.8) is 0 Å². The predicted molar refractivity (Wildman–Crippen MR) is 85.2 cm³/mol. The van der Waals surface area contributed by atoms with Crippen LogP contribution in [0.1, 0.15) is 25.1 Å². The summed E-state index contributed by atoms with van der Waals surface area (Å²) in [6, 6.07) is 2.14. The van der Waals surface area contributed by atoms with Crippen molar-refractivity contribution in [3.8, 4) is 0 Å². The summed E-state index contributed by atoms with van der Waals surface area (Å²) in [6.45, 7) is 4.59. The Morgan fingerprint density at radius 1 is 1.31 bits per heavy atom. The molecule has 1 aromatic rings. The fourth-order valence-corrected chi connectivity index (χ4v) is 5.42. The second-order valence-electron chi connectivity index (χ2n) is 4.73. The topological polar surface area (TPSA) is 0 Å². The lowest BCUT2D eigenvalue weighted by atomic mass is 9.80. The maximum absolute atomic E-state index is 3.69. The van der Waals surface area contributed by atoms with Gasteiger partial charge >= 0.3 is 0 Å². The molecule has 0 fully saturated rings. The molecule has 1 aromatic heterocycles. The van der Waals surface area contributed by atoms with E-state index in [1.54, 1.807) is 0 Å². The molecule has 0 aliphatic heterocycles. The van der Waals surface area contributed by atoms with Crippen LogP contribution in [0, 0.1) is 11.3 Å². The van der Waals surface area contributed by atoms with Gasteiger partial charge in [-0.1, -0.05) is 45.7 Å². The summed E-state index contributed by atoms with van der Waals surface area (Å²) in [6.07, 6.45) is 2.38. The van der Waals surface area contributed by atoms with E-state index in [1.807, 2.05) is 11.3 Å². The van der Waals surface area contributed by atoms with Crippen LogP contribution in [0.3, 0.4) is 0 Å². The molecule has 0 radical (unpaired) electrons. The molecule has 0 atom stereocenters. The number of hydrogen-bond donors (Lipinski definition) is 0. The van der Waals surface area contributed by atoms with Gasteiger partial charge < -0.3 is 0 Å². The Morgan fingerprint density at radius 3 is 2.31 bits per heavy atom. The van der Waals surface area contributed by atoms with Gasteiger partial charge in [0, 0.05) is 20.0 Å². The molecular weight excluding hydrogens is 416 g/mol. The smallest absolute Gasteiger partial charge is 0.0314 e. The molecule has 0 amide bonds. The molecule has 0 nitrogen and oxygen atoms in total. The van der Waals surface area contributed by atoms with Crippen molar-refractivity contribution >= 4 is 59.1 Å². The number of thiophene rings is 1. The van der Waals surface area contributed by atoms with E-state index >= 15 is 0 Å². The quantitative estimate of drug-likeness (QED) is 0.492. The highest BCUT2D eigenvalue weighted by Gasteiger charge is 2.30.